The smallest absolute Gasteiger partial charge is 0.271 e. The number of hydrogen-bond acceptors (Lipinski definition) is 5. The zero-order chi connectivity index (χ0) is 17.5. The van der Waals surface area contributed by atoms with Gasteiger partial charge in [-0.25, -0.2) is 9.97 Å². The molecule has 0 aliphatic heterocycles. The highest BCUT2D eigenvalue weighted by atomic mass is 16.1. The topological polar surface area (TPSA) is 79.8 Å². The zero-order valence-corrected chi connectivity index (χ0v) is 13.9. The number of hydrogen-bond donors (Lipinski definition) is 2. The molecule has 2 aromatic heterocycles. The molecule has 0 saturated carbocycles. The molecule has 0 radical (unpaired) electrons. The van der Waals surface area contributed by atoms with Crippen molar-refractivity contribution in [2.24, 2.45) is 0 Å². The van der Waals surface area contributed by atoms with Gasteiger partial charge in [-0.3, -0.25) is 9.78 Å². The Balaban J connectivity index is 1.53. The monoisotopic (exact) mass is 333 g/mol. The van der Waals surface area contributed by atoms with E-state index in [1.54, 1.807) is 12.4 Å². The molecule has 0 saturated heterocycles. The number of pyridine rings is 1. The Bertz CT molecular complexity index is 834. The summed E-state index contributed by atoms with van der Waals surface area (Å²) in [4.78, 5) is 24.6. The second kappa shape index (κ2) is 8.01. The van der Waals surface area contributed by atoms with Crippen molar-refractivity contribution in [3.05, 3.63) is 83.6 Å². The fourth-order valence-corrected chi connectivity index (χ4v) is 2.32. The Morgan fingerprint density at radius 1 is 1.00 bits per heavy atom. The Labute approximate surface area is 146 Å². The second-order valence-electron chi connectivity index (χ2n) is 5.63. The lowest BCUT2D eigenvalue weighted by Gasteiger charge is -2.07. The first-order valence-electron chi connectivity index (χ1n) is 8.00. The molecule has 1 aromatic carbocycles. The van der Waals surface area contributed by atoms with Gasteiger partial charge in [0.05, 0.1) is 24.6 Å². The van der Waals surface area contributed by atoms with Crippen LogP contribution in [0.15, 0.2) is 61.1 Å². The fraction of sp³-hybridized carbons (Fsp3) is 0.158. The average molecular weight is 333 g/mol. The van der Waals surface area contributed by atoms with Crippen LogP contribution in [0.4, 0.5) is 5.82 Å². The van der Waals surface area contributed by atoms with Gasteiger partial charge in [-0.2, -0.15) is 0 Å². The molecule has 6 nitrogen and oxygen atoms in total. The van der Waals surface area contributed by atoms with Crippen LogP contribution in [0.3, 0.4) is 0 Å². The first-order chi connectivity index (χ1) is 12.2. The van der Waals surface area contributed by atoms with Gasteiger partial charge >= 0.3 is 0 Å². The molecule has 2 heterocycles. The minimum atomic E-state index is -0.275. The lowest BCUT2D eigenvalue weighted by molar-refractivity contribution is 0.0945. The molecule has 126 valence electrons. The van der Waals surface area contributed by atoms with Gasteiger partial charge in [0.25, 0.3) is 5.91 Å². The Hall–Kier alpha value is -3.28. The number of rotatable bonds is 6. The summed E-state index contributed by atoms with van der Waals surface area (Å²) in [5.74, 6) is 0.353. The molecule has 0 spiro atoms. The van der Waals surface area contributed by atoms with E-state index < -0.39 is 0 Å². The molecule has 0 fully saturated rings. The third-order valence-electron chi connectivity index (χ3n) is 3.60. The fourth-order valence-electron chi connectivity index (χ4n) is 2.32. The Morgan fingerprint density at radius 2 is 1.92 bits per heavy atom. The number of benzene rings is 1. The molecule has 0 bridgehead atoms. The predicted molar refractivity (Wildman–Crippen MR) is 95.9 cm³/mol. The standard InChI is InChI=1S/C19H19N5O/c1-14-5-4-6-15(9-14)10-22-18-13-21-17(12-23-18)19(25)24-11-16-7-2-3-8-20-16/h2-9,12-13H,10-11H2,1H3,(H,22,23)(H,24,25). The van der Waals surface area contributed by atoms with Gasteiger partial charge < -0.3 is 10.6 Å². The normalized spacial score (nSPS) is 10.3. The third-order valence-corrected chi connectivity index (χ3v) is 3.60. The van der Waals surface area contributed by atoms with Crippen molar-refractivity contribution in [2.75, 3.05) is 5.32 Å². The number of carbonyl (C=O) groups excluding carboxylic acids is 1. The van der Waals surface area contributed by atoms with Crippen LogP contribution in [-0.2, 0) is 13.1 Å². The second-order valence-corrected chi connectivity index (χ2v) is 5.63. The van der Waals surface area contributed by atoms with Gasteiger partial charge in [0, 0.05) is 12.7 Å². The van der Waals surface area contributed by atoms with E-state index in [0.717, 1.165) is 5.69 Å². The van der Waals surface area contributed by atoms with E-state index in [-0.39, 0.29) is 11.6 Å². The number of anilines is 1. The molecule has 0 aliphatic carbocycles. The summed E-state index contributed by atoms with van der Waals surface area (Å²) in [6.45, 7) is 3.07. The number of amides is 1. The number of aromatic nitrogens is 3. The van der Waals surface area contributed by atoms with Crippen LogP contribution in [0.5, 0.6) is 0 Å². The summed E-state index contributed by atoms with van der Waals surface area (Å²) in [5, 5.41) is 5.97. The summed E-state index contributed by atoms with van der Waals surface area (Å²) in [6, 6.07) is 13.8. The predicted octanol–water partition coefficient (Wildman–Crippen LogP) is 2.72. The average Bonchev–Trinajstić information content (AvgIpc) is 2.66. The van der Waals surface area contributed by atoms with Crippen LogP contribution in [0.25, 0.3) is 0 Å². The molecule has 3 rings (SSSR count). The minimum absolute atomic E-state index is 0.275. The van der Waals surface area contributed by atoms with Gasteiger partial charge in [-0.05, 0) is 24.6 Å². The van der Waals surface area contributed by atoms with Gasteiger partial charge in [-0.1, -0.05) is 35.9 Å². The maximum atomic E-state index is 12.1. The number of nitrogens with one attached hydrogen (secondary N) is 2. The van der Waals surface area contributed by atoms with E-state index in [0.29, 0.717) is 18.9 Å². The van der Waals surface area contributed by atoms with E-state index in [2.05, 4.69) is 44.6 Å². The number of carbonyl (C=O) groups is 1. The zero-order valence-electron chi connectivity index (χ0n) is 13.9. The molecule has 0 aliphatic rings. The molecular formula is C19H19N5O. The molecular weight excluding hydrogens is 314 g/mol. The van der Waals surface area contributed by atoms with E-state index in [4.69, 9.17) is 0 Å². The van der Waals surface area contributed by atoms with Gasteiger partial charge in [-0.15, -0.1) is 0 Å². The molecule has 0 unspecified atom stereocenters. The van der Waals surface area contributed by atoms with Gasteiger partial charge in [0.1, 0.15) is 11.5 Å². The molecule has 25 heavy (non-hydrogen) atoms. The SMILES string of the molecule is Cc1cccc(CNc2cnc(C(=O)NCc3ccccn3)cn2)c1. The van der Waals surface area contributed by atoms with Crippen molar-refractivity contribution in [3.63, 3.8) is 0 Å². The first kappa shape index (κ1) is 16.6. The van der Waals surface area contributed by atoms with Crippen molar-refractivity contribution in [3.8, 4) is 0 Å². The molecule has 1 amide bonds. The summed E-state index contributed by atoms with van der Waals surface area (Å²) < 4.78 is 0. The van der Waals surface area contributed by atoms with Crippen molar-refractivity contribution < 1.29 is 4.79 Å². The lowest BCUT2D eigenvalue weighted by Crippen LogP contribution is -2.24. The highest BCUT2D eigenvalue weighted by Gasteiger charge is 2.08. The molecule has 3 aromatic rings. The van der Waals surface area contributed by atoms with Gasteiger partial charge in [0.15, 0.2) is 0 Å². The van der Waals surface area contributed by atoms with E-state index >= 15 is 0 Å². The maximum Gasteiger partial charge on any atom is 0.271 e. The quantitative estimate of drug-likeness (QED) is 0.725. The summed E-state index contributed by atoms with van der Waals surface area (Å²) >= 11 is 0. The van der Waals surface area contributed by atoms with Gasteiger partial charge in [0.2, 0.25) is 0 Å². The van der Waals surface area contributed by atoms with E-state index in [1.165, 1.54) is 17.3 Å². The summed E-state index contributed by atoms with van der Waals surface area (Å²) in [7, 11) is 0. The van der Waals surface area contributed by atoms with Crippen molar-refractivity contribution in [1.82, 2.24) is 20.3 Å². The number of nitrogens with zero attached hydrogens (tertiary/aromatic N) is 3. The summed E-state index contributed by atoms with van der Waals surface area (Å²) in [5.41, 5.74) is 3.45. The van der Waals surface area contributed by atoms with Crippen molar-refractivity contribution >= 4 is 11.7 Å². The molecule has 6 heteroatoms. The van der Waals surface area contributed by atoms with Crippen molar-refractivity contribution in [1.29, 1.82) is 0 Å². The van der Waals surface area contributed by atoms with E-state index in [1.807, 2.05) is 30.3 Å². The molecule has 0 atom stereocenters. The lowest BCUT2D eigenvalue weighted by atomic mass is 10.1. The van der Waals surface area contributed by atoms with Crippen LogP contribution in [0.2, 0.25) is 0 Å². The van der Waals surface area contributed by atoms with Crippen LogP contribution in [-0.4, -0.2) is 20.9 Å². The Kier molecular flexibility index (Phi) is 5.31. The van der Waals surface area contributed by atoms with Crippen LogP contribution >= 0.6 is 0 Å². The first-order valence-corrected chi connectivity index (χ1v) is 8.00. The van der Waals surface area contributed by atoms with Crippen LogP contribution < -0.4 is 10.6 Å². The van der Waals surface area contributed by atoms with Crippen molar-refractivity contribution in [2.45, 2.75) is 20.0 Å². The largest absolute Gasteiger partial charge is 0.365 e. The highest BCUT2D eigenvalue weighted by Crippen LogP contribution is 2.07. The number of aryl methyl sites for hydroxylation is 1. The summed E-state index contributed by atoms with van der Waals surface area (Å²) in [6.07, 6.45) is 4.72. The molecule has 2 N–H and O–H groups in total. The van der Waals surface area contributed by atoms with E-state index in [9.17, 15) is 4.79 Å². The highest BCUT2D eigenvalue weighted by molar-refractivity contribution is 5.91. The van der Waals surface area contributed by atoms with Crippen LogP contribution in [0, 0.1) is 6.92 Å². The minimum Gasteiger partial charge on any atom is -0.365 e. The maximum absolute atomic E-state index is 12.1. The third kappa shape index (κ3) is 4.84. The Morgan fingerprint density at radius 3 is 2.64 bits per heavy atom. The van der Waals surface area contributed by atoms with Crippen LogP contribution in [0.1, 0.15) is 27.3 Å².